The zero-order chi connectivity index (χ0) is 14.0. The molecule has 106 valence electrons. The van der Waals surface area contributed by atoms with Gasteiger partial charge in [-0.15, -0.1) is 0 Å². The van der Waals surface area contributed by atoms with E-state index in [0.29, 0.717) is 27.0 Å². The summed E-state index contributed by atoms with van der Waals surface area (Å²) in [6.45, 7) is 7.34. The van der Waals surface area contributed by atoms with E-state index in [-0.39, 0.29) is 0 Å². The lowest BCUT2D eigenvalue weighted by molar-refractivity contribution is 0.388. The Morgan fingerprint density at radius 2 is 1.89 bits per heavy atom. The first-order valence-corrected chi connectivity index (χ1v) is 7.73. The summed E-state index contributed by atoms with van der Waals surface area (Å²) in [6.07, 6.45) is 1.16. The highest BCUT2D eigenvalue weighted by Crippen LogP contribution is 2.35. The number of nitrogens with one attached hydrogen (secondary N) is 1. The minimum atomic E-state index is 0.499. The summed E-state index contributed by atoms with van der Waals surface area (Å²) in [4.78, 5) is 2.29. The number of hydrogen-bond donors (Lipinski definition) is 1. The van der Waals surface area contributed by atoms with Crippen LogP contribution >= 0.6 is 34.8 Å². The quantitative estimate of drug-likeness (QED) is 0.826. The summed E-state index contributed by atoms with van der Waals surface area (Å²) < 4.78 is 0. The lowest BCUT2D eigenvalue weighted by atomic mass is 10.0. The standard InChI is InChI=1S/C14H19Cl3N2/c1-9(2)5-10-8-19(4-3-18-10)14-7-12(16)11(15)6-13(14)17/h6-7,9-10,18H,3-5,8H2,1-2H3. The summed E-state index contributed by atoms with van der Waals surface area (Å²) in [5.74, 6) is 0.682. The van der Waals surface area contributed by atoms with Crippen molar-refractivity contribution in [3.8, 4) is 0 Å². The molecule has 0 amide bonds. The zero-order valence-corrected chi connectivity index (χ0v) is 13.5. The maximum atomic E-state index is 6.28. The Kier molecular flexibility index (Phi) is 5.24. The van der Waals surface area contributed by atoms with Crippen molar-refractivity contribution in [2.24, 2.45) is 5.92 Å². The summed E-state index contributed by atoms with van der Waals surface area (Å²) >= 11 is 18.4. The largest absolute Gasteiger partial charge is 0.367 e. The highest BCUT2D eigenvalue weighted by atomic mass is 35.5. The van der Waals surface area contributed by atoms with Gasteiger partial charge in [0.15, 0.2) is 0 Å². The van der Waals surface area contributed by atoms with Gasteiger partial charge in [0.05, 0.1) is 20.8 Å². The molecule has 0 aliphatic carbocycles. The van der Waals surface area contributed by atoms with E-state index in [1.54, 1.807) is 6.07 Å². The number of rotatable bonds is 3. The number of halogens is 3. The molecule has 1 aliphatic rings. The van der Waals surface area contributed by atoms with Crippen molar-refractivity contribution in [2.75, 3.05) is 24.5 Å². The minimum absolute atomic E-state index is 0.499. The van der Waals surface area contributed by atoms with Gasteiger partial charge in [-0.05, 0) is 24.5 Å². The summed E-state index contributed by atoms with van der Waals surface area (Å²) in [5, 5.41) is 5.28. The molecule has 0 saturated carbocycles. The Hall–Kier alpha value is -0.150. The van der Waals surface area contributed by atoms with Gasteiger partial charge in [-0.1, -0.05) is 48.7 Å². The lowest BCUT2D eigenvalue weighted by Crippen LogP contribution is -2.51. The van der Waals surface area contributed by atoms with Gasteiger partial charge in [-0.3, -0.25) is 0 Å². The first-order chi connectivity index (χ1) is 8.97. The fourth-order valence-electron chi connectivity index (χ4n) is 2.53. The zero-order valence-electron chi connectivity index (χ0n) is 11.2. The molecule has 1 aliphatic heterocycles. The predicted molar refractivity (Wildman–Crippen MR) is 84.9 cm³/mol. The molecule has 1 N–H and O–H groups in total. The van der Waals surface area contributed by atoms with Crippen LogP contribution in [0.5, 0.6) is 0 Å². The van der Waals surface area contributed by atoms with Crippen LogP contribution in [0.25, 0.3) is 0 Å². The van der Waals surface area contributed by atoms with E-state index in [1.165, 1.54) is 0 Å². The Morgan fingerprint density at radius 1 is 1.21 bits per heavy atom. The number of nitrogens with zero attached hydrogens (tertiary/aromatic N) is 1. The molecule has 2 nitrogen and oxygen atoms in total. The highest BCUT2D eigenvalue weighted by Gasteiger charge is 2.22. The molecule has 1 unspecified atom stereocenters. The van der Waals surface area contributed by atoms with Gasteiger partial charge in [-0.25, -0.2) is 0 Å². The van der Waals surface area contributed by atoms with Crippen LogP contribution in [0, 0.1) is 5.92 Å². The molecule has 1 aromatic rings. The van der Waals surface area contributed by atoms with Crippen molar-refractivity contribution in [1.82, 2.24) is 5.32 Å². The van der Waals surface area contributed by atoms with Crippen LogP contribution in [-0.4, -0.2) is 25.7 Å². The van der Waals surface area contributed by atoms with Crippen LogP contribution in [0.15, 0.2) is 12.1 Å². The Morgan fingerprint density at radius 3 is 2.58 bits per heavy atom. The Labute approximate surface area is 130 Å². The van der Waals surface area contributed by atoms with Crippen molar-refractivity contribution in [1.29, 1.82) is 0 Å². The van der Waals surface area contributed by atoms with E-state index in [9.17, 15) is 0 Å². The first-order valence-electron chi connectivity index (χ1n) is 6.60. The van der Waals surface area contributed by atoms with E-state index >= 15 is 0 Å². The second-order valence-electron chi connectivity index (χ2n) is 5.44. The van der Waals surface area contributed by atoms with Gasteiger partial charge in [0, 0.05) is 25.7 Å². The summed E-state index contributed by atoms with van der Waals surface area (Å²) in [6, 6.07) is 4.09. The van der Waals surface area contributed by atoms with Crippen molar-refractivity contribution >= 4 is 40.5 Å². The lowest BCUT2D eigenvalue weighted by Gasteiger charge is -2.36. The van der Waals surface area contributed by atoms with Crippen molar-refractivity contribution in [2.45, 2.75) is 26.3 Å². The van der Waals surface area contributed by atoms with Gasteiger partial charge < -0.3 is 10.2 Å². The summed E-state index contributed by atoms with van der Waals surface area (Å²) in [7, 11) is 0. The molecule has 1 atom stereocenters. The van der Waals surface area contributed by atoms with E-state index in [0.717, 1.165) is 31.7 Å². The monoisotopic (exact) mass is 320 g/mol. The molecular formula is C14H19Cl3N2. The number of piperazine rings is 1. The molecule has 1 aromatic carbocycles. The topological polar surface area (TPSA) is 15.3 Å². The van der Waals surface area contributed by atoms with Crippen LogP contribution in [-0.2, 0) is 0 Å². The third-order valence-corrected chi connectivity index (χ3v) is 4.37. The Balaban J connectivity index is 2.15. The van der Waals surface area contributed by atoms with Crippen LogP contribution in [0.2, 0.25) is 15.1 Å². The second-order valence-corrected chi connectivity index (χ2v) is 6.67. The minimum Gasteiger partial charge on any atom is -0.367 e. The van der Waals surface area contributed by atoms with Gasteiger partial charge in [0.1, 0.15) is 0 Å². The molecular weight excluding hydrogens is 303 g/mol. The van der Waals surface area contributed by atoms with Gasteiger partial charge in [0.2, 0.25) is 0 Å². The molecule has 1 fully saturated rings. The Bertz CT molecular complexity index is 449. The predicted octanol–water partition coefficient (Wildman–Crippen LogP) is 4.47. The van der Waals surface area contributed by atoms with Gasteiger partial charge >= 0.3 is 0 Å². The second kappa shape index (κ2) is 6.53. The SMILES string of the molecule is CC(C)CC1CN(c2cc(Cl)c(Cl)cc2Cl)CCN1. The van der Waals surface area contributed by atoms with Crippen molar-refractivity contribution < 1.29 is 0 Å². The average molecular weight is 322 g/mol. The van der Waals surface area contributed by atoms with E-state index in [2.05, 4.69) is 24.1 Å². The molecule has 0 aromatic heterocycles. The molecule has 5 heteroatoms. The van der Waals surface area contributed by atoms with Crippen LogP contribution in [0.3, 0.4) is 0 Å². The van der Waals surface area contributed by atoms with E-state index < -0.39 is 0 Å². The van der Waals surface area contributed by atoms with Crippen molar-refractivity contribution in [3.63, 3.8) is 0 Å². The average Bonchev–Trinajstić information content (AvgIpc) is 2.33. The van der Waals surface area contributed by atoms with Crippen LogP contribution < -0.4 is 10.2 Å². The van der Waals surface area contributed by atoms with E-state index in [1.807, 2.05) is 6.07 Å². The number of hydrogen-bond acceptors (Lipinski definition) is 2. The van der Waals surface area contributed by atoms with Gasteiger partial charge in [-0.2, -0.15) is 0 Å². The molecule has 0 bridgehead atoms. The molecule has 2 rings (SSSR count). The normalized spacial score (nSPS) is 20.1. The number of anilines is 1. The van der Waals surface area contributed by atoms with Gasteiger partial charge in [0.25, 0.3) is 0 Å². The number of benzene rings is 1. The van der Waals surface area contributed by atoms with Crippen molar-refractivity contribution in [3.05, 3.63) is 27.2 Å². The summed E-state index contributed by atoms with van der Waals surface area (Å²) in [5.41, 5.74) is 0.978. The van der Waals surface area contributed by atoms with Crippen LogP contribution in [0.1, 0.15) is 20.3 Å². The maximum Gasteiger partial charge on any atom is 0.0655 e. The highest BCUT2D eigenvalue weighted by molar-refractivity contribution is 6.44. The molecule has 0 spiro atoms. The fraction of sp³-hybridized carbons (Fsp3) is 0.571. The third-order valence-electron chi connectivity index (χ3n) is 3.34. The van der Waals surface area contributed by atoms with Crippen LogP contribution in [0.4, 0.5) is 5.69 Å². The molecule has 1 saturated heterocycles. The first kappa shape index (κ1) is 15.2. The van der Waals surface area contributed by atoms with E-state index in [4.69, 9.17) is 34.8 Å². The molecule has 0 radical (unpaired) electrons. The molecule has 1 heterocycles. The third kappa shape index (κ3) is 3.91. The fourth-order valence-corrected chi connectivity index (χ4v) is 3.19. The maximum absolute atomic E-state index is 6.28. The molecule has 19 heavy (non-hydrogen) atoms. The smallest absolute Gasteiger partial charge is 0.0655 e.